The largest absolute Gasteiger partial charge is 0.350 e. The van der Waals surface area contributed by atoms with Gasteiger partial charge in [0.15, 0.2) is 11.4 Å². The standard InChI is InChI=1S/C17H25N5O2/c1-21-10-5-13(12-21)11-20-16(23)14-15(19-7-6-18-14)17(24)22-8-3-2-4-9-22/h6-7,13H,2-5,8-12H2,1H3,(H,20,23). The van der Waals surface area contributed by atoms with Crippen LogP contribution in [0.15, 0.2) is 12.4 Å². The van der Waals surface area contributed by atoms with Gasteiger partial charge >= 0.3 is 0 Å². The summed E-state index contributed by atoms with van der Waals surface area (Å²) in [5.41, 5.74) is 0.305. The molecule has 0 saturated carbocycles. The molecule has 1 aromatic rings. The smallest absolute Gasteiger partial charge is 0.274 e. The number of nitrogens with zero attached hydrogens (tertiary/aromatic N) is 4. The Balaban J connectivity index is 1.66. The third-order valence-corrected chi connectivity index (χ3v) is 4.80. The molecule has 2 amide bonds. The van der Waals surface area contributed by atoms with E-state index in [1.165, 1.54) is 12.4 Å². The summed E-state index contributed by atoms with van der Waals surface area (Å²) in [6, 6.07) is 0. The zero-order valence-corrected chi connectivity index (χ0v) is 14.2. The van der Waals surface area contributed by atoms with Crippen molar-refractivity contribution < 1.29 is 9.59 Å². The van der Waals surface area contributed by atoms with Crippen molar-refractivity contribution in [3.8, 4) is 0 Å². The number of hydrogen-bond acceptors (Lipinski definition) is 5. The van der Waals surface area contributed by atoms with Gasteiger partial charge in [-0.15, -0.1) is 0 Å². The fourth-order valence-electron chi connectivity index (χ4n) is 3.42. The van der Waals surface area contributed by atoms with Crippen molar-refractivity contribution >= 4 is 11.8 Å². The van der Waals surface area contributed by atoms with E-state index in [1.807, 2.05) is 0 Å². The Morgan fingerprint density at radius 2 is 1.83 bits per heavy atom. The number of nitrogens with one attached hydrogen (secondary N) is 1. The second-order valence-electron chi connectivity index (χ2n) is 6.73. The summed E-state index contributed by atoms with van der Waals surface area (Å²) < 4.78 is 0. The number of hydrogen-bond donors (Lipinski definition) is 1. The van der Waals surface area contributed by atoms with E-state index < -0.39 is 0 Å². The lowest BCUT2D eigenvalue weighted by molar-refractivity contribution is 0.0711. The first-order valence-electron chi connectivity index (χ1n) is 8.72. The molecule has 1 unspecified atom stereocenters. The Morgan fingerprint density at radius 1 is 1.12 bits per heavy atom. The van der Waals surface area contributed by atoms with E-state index in [1.54, 1.807) is 4.90 Å². The molecule has 1 atom stereocenters. The number of rotatable bonds is 4. The Hall–Kier alpha value is -2.02. The molecule has 7 heteroatoms. The molecule has 130 valence electrons. The number of piperidine rings is 1. The van der Waals surface area contributed by atoms with Gasteiger partial charge in [0.1, 0.15) is 0 Å². The average molecular weight is 331 g/mol. The van der Waals surface area contributed by atoms with Gasteiger partial charge in [-0.05, 0) is 45.2 Å². The van der Waals surface area contributed by atoms with Gasteiger partial charge in [0.05, 0.1) is 0 Å². The zero-order chi connectivity index (χ0) is 16.9. The van der Waals surface area contributed by atoms with E-state index in [-0.39, 0.29) is 23.2 Å². The van der Waals surface area contributed by atoms with Crippen LogP contribution in [0.3, 0.4) is 0 Å². The highest BCUT2D eigenvalue weighted by molar-refractivity contribution is 6.04. The maximum Gasteiger partial charge on any atom is 0.274 e. The molecule has 0 radical (unpaired) electrons. The number of amides is 2. The maximum atomic E-state index is 12.7. The molecule has 3 heterocycles. The lowest BCUT2D eigenvalue weighted by Gasteiger charge is -2.26. The van der Waals surface area contributed by atoms with Gasteiger partial charge in [0, 0.05) is 38.6 Å². The molecular weight excluding hydrogens is 306 g/mol. The molecule has 1 N–H and O–H groups in total. The first-order chi connectivity index (χ1) is 11.6. The second-order valence-corrected chi connectivity index (χ2v) is 6.73. The van der Waals surface area contributed by atoms with Crippen LogP contribution in [0.2, 0.25) is 0 Å². The molecule has 24 heavy (non-hydrogen) atoms. The molecule has 2 aliphatic heterocycles. The lowest BCUT2D eigenvalue weighted by atomic mass is 10.1. The monoisotopic (exact) mass is 331 g/mol. The molecule has 7 nitrogen and oxygen atoms in total. The molecule has 0 aliphatic carbocycles. The van der Waals surface area contributed by atoms with Gasteiger partial charge in [0.25, 0.3) is 11.8 Å². The van der Waals surface area contributed by atoms with E-state index in [9.17, 15) is 9.59 Å². The predicted octanol–water partition coefficient (Wildman–Crippen LogP) is 0.784. The van der Waals surface area contributed by atoms with Gasteiger partial charge < -0.3 is 15.1 Å². The molecule has 2 saturated heterocycles. The van der Waals surface area contributed by atoms with Crippen LogP contribution in [-0.2, 0) is 0 Å². The third kappa shape index (κ3) is 3.90. The number of carbonyl (C=O) groups excluding carboxylic acids is 2. The van der Waals surface area contributed by atoms with Crippen molar-refractivity contribution in [3.63, 3.8) is 0 Å². The van der Waals surface area contributed by atoms with Crippen LogP contribution in [-0.4, -0.2) is 71.4 Å². The van der Waals surface area contributed by atoms with Crippen LogP contribution in [0.4, 0.5) is 0 Å². The summed E-state index contributed by atoms with van der Waals surface area (Å²) in [5, 5.41) is 2.92. The Bertz CT molecular complexity index is 600. The SMILES string of the molecule is CN1CCC(CNC(=O)c2nccnc2C(=O)N2CCCCC2)C1. The summed E-state index contributed by atoms with van der Waals surface area (Å²) in [5.74, 6) is -0.0385. The van der Waals surface area contributed by atoms with Crippen LogP contribution < -0.4 is 5.32 Å². The molecule has 0 spiro atoms. The molecule has 0 bridgehead atoms. The summed E-state index contributed by atoms with van der Waals surface area (Å²) in [7, 11) is 2.08. The molecule has 2 aliphatic rings. The van der Waals surface area contributed by atoms with Gasteiger partial charge in [-0.1, -0.05) is 0 Å². The van der Waals surface area contributed by atoms with Crippen LogP contribution in [0.5, 0.6) is 0 Å². The maximum absolute atomic E-state index is 12.7. The van der Waals surface area contributed by atoms with Crippen LogP contribution in [0, 0.1) is 5.92 Å². The quantitative estimate of drug-likeness (QED) is 0.882. The topological polar surface area (TPSA) is 78.4 Å². The summed E-state index contributed by atoms with van der Waals surface area (Å²) in [6.07, 6.45) is 7.17. The number of aromatic nitrogens is 2. The van der Waals surface area contributed by atoms with Crippen LogP contribution in [0.25, 0.3) is 0 Å². The van der Waals surface area contributed by atoms with Gasteiger partial charge in [-0.25, -0.2) is 9.97 Å². The highest BCUT2D eigenvalue weighted by Gasteiger charge is 2.26. The van der Waals surface area contributed by atoms with Crippen molar-refractivity contribution in [1.29, 1.82) is 0 Å². The normalized spacial score (nSPS) is 21.7. The van der Waals surface area contributed by atoms with Crippen molar-refractivity contribution in [2.75, 3.05) is 39.8 Å². The molecule has 3 rings (SSSR count). The van der Waals surface area contributed by atoms with Crippen molar-refractivity contribution in [1.82, 2.24) is 25.1 Å². The highest BCUT2D eigenvalue weighted by Crippen LogP contribution is 2.15. The Morgan fingerprint density at radius 3 is 2.50 bits per heavy atom. The average Bonchev–Trinajstić information content (AvgIpc) is 3.05. The van der Waals surface area contributed by atoms with Crippen LogP contribution in [0.1, 0.15) is 46.7 Å². The predicted molar refractivity (Wildman–Crippen MR) is 89.7 cm³/mol. The highest BCUT2D eigenvalue weighted by atomic mass is 16.2. The fraction of sp³-hybridized carbons (Fsp3) is 0.647. The van der Waals surface area contributed by atoms with Gasteiger partial charge in [0.2, 0.25) is 0 Å². The summed E-state index contributed by atoms with van der Waals surface area (Å²) >= 11 is 0. The zero-order valence-electron chi connectivity index (χ0n) is 14.2. The molecular formula is C17H25N5O2. The van der Waals surface area contributed by atoms with Crippen molar-refractivity contribution in [2.45, 2.75) is 25.7 Å². The molecule has 1 aromatic heterocycles. The Labute approximate surface area is 142 Å². The summed E-state index contributed by atoms with van der Waals surface area (Å²) in [6.45, 7) is 4.11. The fourth-order valence-corrected chi connectivity index (χ4v) is 3.42. The van der Waals surface area contributed by atoms with E-state index in [0.29, 0.717) is 12.5 Å². The third-order valence-electron chi connectivity index (χ3n) is 4.80. The first kappa shape index (κ1) is 16.8. The lowest BCUT2D eigenvalue weighted by Crippen LogP contribution is -2.38. The number of likely N-dealkylation sites (tertiary alicyclic amines) is 2. The first-order valence-corrected chi connectivity index (χ1v) is 8.72. The van der Waals surface area contributed by atoms with E-state index >= 15 is 0 Å². The minimum absolute atomic E-state index is 0.138. The van der Waals surface area contributed by atoms with E-state index in [2.05, 4.69) is 27.2 Å². The minimum atomic E-state index is -0.307. The molecule has 2 fully saturated rings. The van der Waals surface area contributed by atoms with Gasteiger partial charge in [-0.3, -0.25) is 9.59 Å². The van der Waals surface area contributed by atoms with Crippen molar-refractivity contribution in [3.05, 3.63) is 23.8 Å². The van der Waals surface area contributed by atoms with E-state index in [4.69, 9.17) is 0 Å². The van der Waals surface area contributed by atoms with E-state index in [0.717, 1.165) is 51.9 Å². The Kier molecular flexibility index (Phi) is 5.40. The van der Waals surface area contributed by atoms with Gasteiger partial charge in [-0.2, -0.15) is 0 Å². The van der Waals surface area contributed by atoms with Crippen LogP contribution >= 0.6 is 0 Å². The minimum Gasteiger partial charge on any atom is -0.350 e. The second kappa shape index (κ2) is 7.70. The number of carbonyl (C=O) groups is 2. The summed E-state index contributed by atoms with van der Waals surface area (Å²) in [4.78, 5) is 37.5. The van der Waals surface area contributed by atoms with Crippen molar-refractivity contribution in [2.24, 2.45) is 5.92 Å². The molecule has 0 aromatic carbocycles.